The molecule has 96 valence electrons. The van der Waals surface area contributed by atoms with Crippen LogP contribution in [-0.2, 0) is 16.3 Å². The summed E-state index contributed by atoms with van der Waals surface area (Å²) in [5.41, 5.74) is 0.107. The fraction of sp³-hybridized carbons (Fsp3) is 0.538. The van der Waals surface area contributed by atoms with Crippen LogP contribution in [0.5, 0.6) is 0 Å². The van der Waals surface area contributed by atoms with Crippen molar-refractivity contribution in [1.29, 1.82) is 0 Å². The highest BCUT2D eigenvalue weighted by Gasteiger charge is 2.26. The fourth-order valence-electron chi connectivity index (χ4n) is 1.74. The number of hydrogen-bond donors (Lipinski definition) is 1. The van der Waals surface area contributed by atoms with Crippen LogP contribution in [0.4, 0.5) is 0 Å². The summed E-state index contributed by atoms with van der Waals surface area (Å²) >= 11 is 0. The van der Waals surface area contributed by atoms with Crippen LogP contribution in [0.25, 0.3) is 0 Å². The Morgan fingerprint density at radius 1 is 1.24 bits per heavy atom. The molecule has 1 atom stereocenters. The molecule has 0 amide bonds. The van der Waals surface area contributed by atoms with Crippen molar-refractivity contribution in [3.8, 4) is 0 Å². The molecule has 0 aliphatic heterocycles. The zero-order valence-corrected chi connectivity index (χ0v) is 11.2. The standard InChI is InChI=1S/C13H20O3S/c1-3-13(14,9-10-17(2,15)16)11-12-7-5-4-6-8-12/h4-8,14H,3,9-11H2,1-2H3. The van der Waals surface area contributed by atoms with E-state index in [1.807, 2.05) is 37.3 Å². The molecule has 0 spiro atoms. The van der Waals surface area contributed by atoms with E-state index in [-0.39, 0.29) is 12.2 Å². The molecule has 0 aliphatic carbocycles. The summed E-state index contributed by atoms with van der Waals surface area (Å²) in [6, 6.07) is 9.65. The average molecular weight is 256 g/mol. The lowest BCUT2D eigenvalue weighted by molar-refractivity contribution is 0.0334. The maximum absolute atomic E-state index is 11.1. The van der Waals surface area contributed by atoms with Crippen LogP contribution >= 0.6 is 0 Å². The summed E-state index contributed by atoms with van der Waals surface area (Å²) in [5, 5.41) is 10.4. The molecule has 0 heterocycles. The van der Waals surface area contributed by atoms with E-state index < -0.39 is 15.4 Å². The molecule has 1 aromatic carbocycles. The van der Waals surface area contributed by atoms with Crippen LogP contribution in [0.2, 0.25) is 0 Å². The van der Waals surface area contributed by atoms with E-state index in [1.54, 1.807) is 0 Å². The lowest BCUT2D eigenvalue weighted by atomic mass is 9.89. The largest absolute Gasteiger partial charge is 0.390 e. The first-order valence-electron chi connectivity index (χ1n) is 5.79. The maximum Gasteiger partial charge on any atom is 0.147 e. The summed E-state index contributed by atoms with van der Waals surface area (Å²) in [7, 11) is -3.02. The van der Waals surface area contributed by atoms with Crippen molar-refractivity contribution >= 4 is 9.84 Å². The minimum Gasteiger partial charge on any atom is -0.390 e. The van der Waals surface area contributed by atoms with Crippen LogP contribution in [0.1, 0.15) is 25.3 Å². The summed E-state index contributed by atoms with van der Waals surface area (Å²) in [4.78, 5) is 0. The molecule has 1 unspecified atom stereocenters. The third-order valence-corrected chi connectivity index (χ3v) is 3.92. The van der Waals surface area contributed by atoms with E-state index in [1.165, 1.54) is 6.26 Å². The van der Waals surface area contributed by atoms with Gasteiger partial charge in [0.25, 0.3) is 0 Å². The Labute approximate surface area is 103 Å². The predicted octanol–water partition coefficient (Wildman–Crippen LogP) is 1.80. The normalized spacial score (nSPS) is 15.5. The Bertz CT molecular complexity index is 439. The van der Waals surface area contributed by atoms with Crippen molar-refractivity contribution in [2.24, 2.45) is 0 Å². The second-order valence-corrected chi connectivity index (χ2v) is 6.88. The van der Waals surface area contributed by atoms with Gasteiger partial charge in [0.1, 0.15) is 9.84 Å². The van der Waals surface area contributed by atoms with Crippen LogP contribution in [0, 0.1) is 0 Å². The van der Waals surface area contributed by atoms with Crippen molar-refractivity contribution in [1.82, 2.24) is 0 Å². The highest BCUT2D eigenvalue weighted by Crippen LogP contribution is 2.21. The van der Waals surface area contributed by atoms with Gasteiger partial charge in [-0.3, -0.25) is 0 Å². The second-order valence-electron chi connectivity index (χ2n) is 4.62. The molecule has 1 aromatic rings. The summed E-state index contributed by atoms with van der Waals surface area (Å²) in [6.45, 7) is 1.88. The first kappa shape index (κ1) is 14.2. The Morgan fingerprint density at radius 3 is 2.29 bits per heavy atom. The van der Waals surface area contributed by atoms with E-state index in [0.29, 0.717) is 12.8 Å². The van der Waals surface area contributed by atoms with E-state index in [9.17, 15) is 13.5 Å². The molecular formula is C13H20O3S. The van der Waals surface area contributed by atoms with Gasteiger partial charge in [-0.15, -0.1) is 0 Å². The molecule has 1 N–H and O–H groups in total. The Kier molecular flexibility index (Phi) is 4.71. The molecule has 0 saturated heterocycles. The SMILES string of the molecule is CCC(O)(CCS(C)(=O)=O)Cc1ccccc1. The molecule has 17 heavy (non-hydrogen) atoms. The van der Waals surface area contributed by atoms with Gasteiger partial charge in [0.15, 0.2) is 0 Å². The average Bonchev–Trinajstić information content (AvgIpc) is 2.27. The summed E-state index contributed by atoms with van der Waals surface area (Å²) in [6.07, 6.45) is 2.54. The number of aliphatic hydroxyl groups is 1. The molecule has 4 heteroatoms. The quantitative estimate of drug-likeness (QED) is 0.844. The van der Waals surface area contributed by atoms with E-state index in [0.717, 1.165) is 5.56 Å². The van der Waals surface area contributed by atoms with Crippen LogP contribution in [-0.4, -0.2) is 31.1 Å². The number of benzene rings is 1. The Hall–Kier alpha value is -0.870. The van der Waals surface area contributed by atoms with Crippen molar-refractivity contribution in [3.05, 3.63) is 35.9 Å². The van der Waals surface area contributed by atoms with Gasteiger partial charge in [-0.05, 0) is 18.4 Å². The zero-order valence-electron chi connectivity index (χ0n) is 10.4. The van der Waals surface area contributed by atoms with Gasteiger partial charge in [0, 0.05) is 12.7 Å². The molecule has 0 fully saturated rings. The van der Waals surface area contributed by atoms with Crippen molar-refractivity contribution < 1.29 is 13.5 Å². The molecule has 0 bridgehead atoms. The number of rotatable bonds is 6. The molecule has 0 saturated carbocycles. The van der Waals surface area contributed by atoms with Crippen molar-refractivity contribution in [2.75, 3.05) is 12.0 Å². The molecule has 1 rings (SSSR count). The van der Waals surface area contributed by atoms with E-state index in [2.05, 4.69) is 0 Å². The van der Waals surface area contributed by atoms with Gasteiger partial charge in [-0.2, -0.15) is 0 Å². The zero-order chi connectivity index (χ0) is 12.9. The van der Waals surface area contributed by atoms with E-state index in [4.69, 9.17) is 0 Å². The molecule has 0 aromatic heterocycles. The topological polar surface area (TPSA) is 54.4 Å². The fourth-order valence-corrected chi connectivity index (χ4v) is 2.49. The van der Waals surface area contributed by atoms with Gasteiger partial charge in [0.2, 0.25) is 0 Å². The third-order valence-electron chi connectivity index (χ3n) is 2.97. The minimum absolute atomic E-state index is 0.0319. The summed E-state index contributed by atoms with van der Waals surface area (Å²) < 4.78 is 22.3. The van der Waals surface area contributed by atoms with Crippen molar-refractivity contribution in [2.45, 2.75) is 31.8 Å². The molecule has 3 nitrogen and oxygen atoms in total. The first-order chi connectivity index (χ1) is 7.85. The highest BCUT2D eigenvalue weighted by atomic mass is 32.2. The smallest absolute Gasteiger partial charge is 0.147 e. The van der Waals surface area contributed by atoms with Gasteiger partial charge in [0.05, 0.1) is 11.4 Å². The predicted molar refractivity (Wildman–Crippen MR) is 69.7 cm³/mol. The van der Waals surface area contributed by atoms with Crippen LogP contribution < -0.4 is 0 Å². The summed E-state index contributed by atoms with van der Waals surface area (Å²) in [5.74, 6) is 0.0319. The van der Waals surface area contributed by atoms with Crippen LogP contribution in [0.3, 0.4) is 0 Å². The van der Waals surface area contributed by atoms with Gasteiger partial charge in [-0.25, -0.2) is 8.42 Å². The van der Waals surface area contributed by atoms with Crippen LogP contribution in [0.15, 0.2) is 30.3 Å². The highest BCUT2D eigenvalue weighted by molar-refractivity contribution is 7.90. The van der Waals surface area contributed by atoms with E-state index >= 15 is 0 Å². The molecule has 0 radical (unpaired) electrons. The molecular weight excluding hydrogens is 236 g/mol. The minimum atomic E-state index is -3.02. The Morgan fingerprint density at radius 2 is 1.82 bits per heavy atom. The van der Waals surface area contributed by atoms with Gasteiger partial charge < -0.3 is 5.11 Å². The maximum atomic E-state index is 11.1. The lowest BCUT2D eigenvalue weighted by Crippen LogP contribution is -2.33. The third kappa shape index (κ3) is 5.33. The Balaban J connectivity index is 2.69. The monoisotopic (exact) mass is 256 g/mol. The number of hydrogen-bond acceptors (Lipinski definition) is 3. The second kappa shape index (κ2) is 5.65. The first-order valence-corrected chi connectivity index (χ1v) is 7.85. The lowest BCUT2D eigenvalue weighted by Gasteiger charge is -2.26. The van der Waals surface area contributed by atoms with Gasteiger partial charge in [-0.1, -0.05) is 37.3 Å². The molecule has 0 aliphatic rings. The number of sulfone groups is 1. The van der Waals surface area contributed by atoms with Crippen molar-refractivity contribution in [3.63, 3.8) is 0 Å². The van der Waals surface area contributed by atoms with Gasteiger partial charge >= 0.3 is 0 Å².